The number of piperidine rings is 1. The number of anilines is 2. The van der Waals surface area contributed by atoms with Crippen LogP contribution in [0.3, 0.4) is 0 Å². The topological polar surface area (TPSA) is 44.0 Å². The number of aromatic amines is 1. The Kier molecular flexibility index (Phi) is 4.13. The number of hydrogen-bond acceptors (Lipinski definition) is 3. The lowest BCUT2D eigenvalue weighted by Crippen LogP contribution is -2.29. The van der Waals surface area contributed by atoms with Crippen molar-refractivity contribution in [1.29, 1.82) is 0 Å². The lowest BCUT2D eigenvalue weighted by Gasteiger charge is -2.28. The summed E-state index contributed by atoms with van der Waals surface area (Å²) in [6, 6.07) is 8.80. The van der Waals surface area contributed by atoms with Crippen LogP contribution in [0.5, 0.6) is 0 Å². The van der Waals surface area contributed by atoms with Crippen molar-refractivity contribution in [3.8, 4) is 0 Å². The maximum Gasteiger partial charge on any atom is 0.0643 e. The Hall–Kier alpha value is -1.97. The van der Waals surface area contributed by atoms with Gasteiger partial charge in [-0.3, -0.25) is 5.10 Å². The van der Waals surface area contributed by atoms with E-state index in [1.165, 1.54) is 43.6 Å². The number of H-pyrrole nitrogens is 1. The highest BCUT2D eigenvalue weighted by atomic mass is 15.1. The lowest BCUT2D eigenvalue weighted by atomic mass is 10.1. The molecule has 0 spiro atoms. The van der Waals surface area contributed by atoms with E-state index >= 15 is 0 Å². The average molecular weight is 284 g/mol. The first-order valence-electron chi connectivity index (χ1n) is 7.83. The van der Waals surface area contributed by atoms with Crippen LogP contribution >= 0.6 is 0 Å². The van der Waals surface area contributed by atoms with Crippen LogP contribution in [0.2, 0.25) is 0 Å². The van der Waals surface area contributed by atoms with E-state index in [0.717, 1.165) is 23.6 Å². The Morgan fingerprint density at radius 1 is 1.10 bits per heavy atom. The smallest absolute Gasteiger partial charge is 0.0643 e. The van der Waals surface area contributed by atoms with Crippen molar-refractivity contribution in [3.63, 3.8) is 0 Å². The molecule has 0 radical (unpaired) electrons. The number of aryl methyl sites for hydroxylation is 2. The van der Waals surface area contributed by atoms with E-state index in [9.17, 15) is 0 Å². The van der Waals surface area contributed by atoms with E-state index in [1.807, 2.05) is 6.92 Å². The van der Waals surface area contributed by atoms with Crippen LogP contribution in [0.1, 0.15) is 36.2 Å². The van der Waals surface area contributed by atoms with Gasteiger partial charge in [-0.15, -0.1) is 0 Å². The van der Waals surface area contributed by atoms with E-state index in [4.69, 9.17) is 0 Å². The lowest BCUT2D eigenvalue weighted by molar-refractivity contribution is 0.578. The molecule has 1 fully saturated rings. The molecule has 0 amide bonds. The number of rotatable bonds is 4. The van der Waals surface area contributed by atoms with Gasteiger partial charge >= 0.3 is 0 Å². The first-order valence-corrected chi connectivity index (χ1v) is 7.83. The summed E-state index contributed by atoms with van der Waals surface area (Å²) in [5.41, 5.74) is 5.98. The van der Waals surface area contributed by atoms with Crippen LogP contribution < -0.4 is 10.2 Å². The van der Waals surface area contributed by atoms with Crippen molar-refractivity contribution in [2.75, 3.05) is 23.3 Å². The molecule has 1 aromatic heterocycles. The van der Waals surface area contributed by atoms with Gasteiger partial charge in [0.15, 0.2) is 0 Å². The van der Waals surface area contributed by atoms with Gasteiger partial charge in [-0.25, -0.2) is 0 Å². The predicted octanol–water partition coefficient (Wildman–Crippen LogP) is 3.63. The largest absolute Gasteiger partial charge is 0.381 e. The minimum Gasteiger partial charge on any atom is -0.381 e. The second-order valence-corrected chi connectivity index (χ2v) is 5.86. The van der Waals surface area contributed by atoms with Gasteiger partial charge in [-0.05, 0) is 57.4 Å². The maximum atomic E-state index is 4.23. The number of nitrogens with one attached hydrogen (secondary N) is 2. The minimum atomic E-state index is 0.817. The van der Waals surface area contributed by atoms with Gasteiger partial charge in [-0.1, -0.05) is 0 Å². The zero-order valence-electron chi connectivity index (χ0n) is 12.9. The Morgan fingerprint density at radius 3 is 2.43 bits per heavy atom. The molecule has 1 aliphatic rings. The Balaban J connectivity index is 1.62. The molecule has 21 heavy (non-hydrogen) atoms. The fourth-order valence-corrected chi connectivity index (χ4v) is 2.97. The third-order valence-corrected chi connectivity index (χ3v) is 4.34. The van der Waals surface area contributed by atoms with E-state index in [1.54, 1.807) is 0 Å². The first-order chi connectivity index (χ1) is 10.2. The molecule has 4 heteroatoms. The SMILES string of the molecule is Cc1n[nH]c(C)c1CNc1ccc(N2CCCCC2)cc1. The van der Waals surface area contributed by atoms with Crippen molar-refractivity contribution in [3.05, 3.63) is 41.2 Å². The number of benzene rings is 1. The van der Waals surface area contributed by atoms with Crippen LogP contribution in [0.4, 0.5) is 11.4 Å². The Bertz CT molecular complexity index is 560. The summed E-state index contributed by atoms with van der Waals surface area (Å²) < 4.78 is 0. The predicted molar refractivity (Wildman–Crippen MR) is 87.9 cm³/mol. The minimum absolute atomic E-state index is 0.817. The fraction of sp³-hybridized carbons (Fsp3) is 0.471. The second kappa shape index (κ2) is 6.20. The van der Waals surface area contributed by atoms with Crippen LogP contribution in [-0.4, -0.2) is 23.3 Å². The third-order valence-electron chi connectivity index (χ3n) is 4.34. The van der Waals surface area contributed by atoms with Gasteiger partial charge < -0.3 is 10.2 Å². The van der Waals surface area contributed by atoms with Crippen LogP contribution in [-0.2, 0) is 6.54 Å². The van der Waals surface area contributed by atoms with Crippen molar-refractivity contribution in [2.45, 2.75) is 39.7 Å². The van der Waals surface area contributed by atoms with Crippen LogP contribution in [0, 0.1) is 13.8 Å². The number of aromatic nitrogens is 2. The molecule has 2 aromatic rings. The number of nitrogens with zero attached hydrogens (tertiary/aromatic N) is 2. The molecule has 0 atom stereocenters. The highest BCUT2D eigenvalue weighted by Gasteiger charge is 2.10. The maximum absolute atomic E-state index is 4.23. The molecule has 0 aliphatic carbocycles. The molecule has 0 unspecified atom stereocenters. The summed E-state index contributed by atoms with van der Waals surface area (Å²) in [5, 5.41) is 10.7. The van der Waals surface area contributed by atoms with E-state index in [0.29, 0.717) is 0 Å². The molecule has 4 nitrogen and oxygen atoms in total. The van der Waals surface area contributed by atoms with E-state index < -0.39 is 0 Å². The molecule has 2 heterocycles. The summed E-state index contributed by atoms with van der Waals surface area (Å²) in [7, 11) is 0. The fourth-order valence-electron chi connectivity index (χ4n) is 2.97. The molecule has 1 aromatic carbocycles. The monoisotopic (exact) mass is 284 g/mol. The molecular weight excluding hydrogens is 260 g/mol. The molecule has 0 bridgehead atoms. The molecule has 112 valence electrons. The van der Waals surface area contributed by atoms with E-state index in [2.05, 4.69) is 51.6 Å². The zero-order valence-corrected chi connectivity index (χ0v) is 12.9. The standard InChI is InChI=1S/C17H24N4/c1-13-17(14(2)20-19-13)12-18-15-6-8-16(9-7-15)21-10-4-3-5-11-21/h6-9,18H,3-5,10-12H2,1-2H3,(H,19,20). The average Bonchev–Trinajstić information content (AvgIpc) is 2.85. The third kappa shape index (κ3) is 3.20. The molecule has 3 rings (SSSR count). The summed E-state index contributed by atoms with van der Waals surface area (Å²) in [5.74, 6) is 0. The molecule has 1 saturated heterocycles. The van der Waals surface area contributed by atoms with Crippen molar-refractivity contribution in [2.24, 2.45) is 0 Å². The van der Waals surface area contributed by atoms with Gasteiger partial charge in [-0.2, -0.15) is 5.10 Å². The Labute approximate surface area is 126 Å². The summed E-state index contributed by atoms with van der Waals surface area (Å²) in [6.45, 7) is 7.31. The summed E-state index contributed by atoms with van der Waals surface area (Å²) in [4.78, 5) is 2.48. The molecule has 0 saturated carbocycles. The van der Waals surface area contributed by atoms with Crippen molar-refractivity contribution < 1.29 is 0 Å². The highest BCUT2D eigenvalue weighted by molar-refractivity contribution is 5.55. The molecule has 1 aliphatic heterocycles. The van der Waals surface area contributed by atoms with Gasteiger partial charge in [0.2, 0.25) is 0 Å². The molecular formula is C17H24N4. The van der Waals surface area contributed by atoms with Gasteiger partial charge in [0.1, 0.15) is 0 Å². The normalized spacial score (nSPS) is 15.2. The van der Waals surface area contributed by atoms with E-state index in [-0.39, 0.29) is 0 Å². The summed E-state index contributed by atoms with van der Waals surface area (Å²) >= 11 is 0. The van der Waals surface area contributed by atoms with Crippen molar-refractivity contribution in [1.82, 2.24) is 10.2 Å². The van der Waals surface area contributed by atoms with Gasteiger partial charge in [0.05, 0.1) is 5.69 Å². The van der Waals surface area contributed by atoms with Crippen LogP contribution in [0.25, 0.3) is 0 Å². The molecule has 2 N–H and O–H groups in total. The van der Waals surface area contributed by atoms with Crippen molar-refractivity contribution >= 4 is 11.4 Å². The highest BCUT2D eigenvalue weighted by Crippen LogP contribution is 2.22. The van der Waals surface area contributed by atoms with Gasteiger partial charge in [0.25, 0.3) is 0 Å². The quantitative estimate of drug-likeness (QED) is 0.901. The van der Waals surface area contributed by atoms with Crippen LogP contribution in [0.15, 0.2) is 24.3 Å². The zero-order chi connectivity index (χ0) is 14.7. The number of hydrogen-bond donors (Lipinski definition) is 2. The Morgan fingerprint density at radius 2 is 1.81 bits per heavy atom. The summed E-state index contributed by atoms with van der Waals surface area (Å²) in [6.07, 6.45) is 4.01. The first kappa shape index (κ1) is 14.0. The van der Waals surface area contributed by atoms with Gasteiger partial charge in [0, 0.05) is 42.3 Å². The second-order valence-electron chi connectivity index (χ2n) is 5.86.